The first-order chi connectivity index (χ1) is 8.76. The van der Waals surface area contributed by atoms with Crippen LogP contribution in [0.4, 0.5) is 6.01 Å². The fourth-order valence-electron chi connectivity index (χ4n) is 1.34. The standard InChI is InChI=1S/C10H9N5O3/c1-16-7-3-6(4-8(5-7)17-2)9-12-13-10(18-9)14-15-11/h3-5H,1-2H3. The van der Waals surface area contributed by atoms with Crippen LogP contribution in [-0.2, 0) is 0 Å². The van der Waals surface area contributed by atoms with Crippen molar-refractivity contribution in [3.63, 3.8) is 0 Å². The van der Waals surface area contributed by atoms with Gasteiger partial charge >= 0.3 is 6.01 Å². The first-order valence-electron chi connectivity index (χ1n) is 4.89. The SMILES string of the molecule is COc1cc(OC)cc(-c2nnc(N=[N+]=[N-])o2)c1. The van der Waals surface area contributed by atoms with Crippen LogP contribution in [0.5, 0.6) is 11.5 Å². The molecule has 8 heteroatoms. The van der Waals surface area contributed by atoms with E-state index < -0.39 is 0 Å². The highest BCUT2D eigenvalue weighted by Gasteiger charge is 2.10. The van der Waals surface area contributed by atoms with Gasteiger partial charge in [-0.3, -0.25) is 0 Å². The zero-order chi connectivity index (χ0) is 13.0. The van der Waals surface area contributed by atoms with Gasteiger partial charge in [0.05, 0.1) is 14.2 Å². The Bertz CT molecular complexity index is 581. The maximum atomic E-state index is 8.25. The summed E-state index contributed by atoms with van der Waals surface area (Å²) >= 11 is 0. The van der Waals surface area contributed by atoms with Crippen LogP contribution >= 0.6 is 0 Å². The lowest BCUT2D eigenvalue weighted by Gasteiger charge is -2.05. The van der Waals surface area contributed by atoms with Crippen molar-refractivity contribution >= 4 is 6.01 Å². The summed E-state index contributed by atoms with van der Waals surface area (Å²) in [7, 11) is 3.08. The highest BCUT2D eigenvalue weighted by molar-refractivity contribution is 5.59. The summed E-state index contributed by atoms with van der Waals surface area (Å²) in [5, 5.41) is 10.6. The lowest BCUT2D eigenvalue weighted by atomic mass is 10.2. The van der Waals surface area contributed by atoms with Crippen LogP contribution in [0.3, 0.4) is 0 Å². The number of methoxy groups -OCH3 is 2. The number of hydrogen-bond acceptors (Lipinski definition) is 6. The van der Waals surface area contributed by atoms with Crippen LogP contribution in [0.25, 0.3) is 21.9 Å². The number of ether oxygens (including phenoxy) is 2. The number of nitrogens with zero attached hydrogens (tertiary/aromatic N) is 5. The van der Waals surface area contributed by atoms with Gasteiger partial charge < -0.3 is 13.9 Å². The van der Waals surface area contributed by atoms with Gasteiger partial charge in [0.15, 0.2) is 0 Å². The lowest BCUT2D eigenvalue weighted by molar-refractivity contribution is 0.394. The van der Waals surface area contributed by atoms with Gasteiger partial charge in [0.25, 0.3) is 0 Å². The van der Waals surface area contributed by atoms with Gasteiger partial charge in [-0.1, -0.05) is 0 Å². The number of benzene rings is 1. The van der Waals surface area contributed by atoms with E-state index in [-0.39, 0.29) is 11.9 Å². The molecule has 2 aromatic rings. The molecule has 0 aliphatic rings. The van der Waals surface area contributed by atoms with Crippen molar-refractivity contribution in [2.24, 2.45) is 5.11 Å². The number of hydrogen-bond donors (Lipinski definition) is 0. The third kappa shape index (κ3) is 2.33. The van der Waals surface area contributed by atoms with E-state index in [1.54, 1.807) is 18.2 Å². The van der Waals surface area contributed by atoms with Crippen molar-refractivity contribution < 1.29 is 13.9 Å². The maximum Gasteiger partial charge on any atom is 0.304 e. The van der Waals surface area contributed by atoms with Gasteiger partial charge in [-0.15, -0.1) is 10.2 Å². The molecule has 2 rings (SSSR count). The molecule has 8 nitrogen and oxygen atoms in total. The summed E-state index contributed by atoms with van der Waals surface area (Å²) in [5.74, 6) is 1.40. The van der Waals surface area contributed by atoms with E-state index in [0.717, 1.165) is 0 Å². The summed E-state index contributed by atoms with van der Waals surface area (Å²) in [6, 6.07) is 4.98. The second kappa shape index (κ2) is 5.07. The minimum absolute atomic E-state index is 0.144. The summed E-state index contributed by atoms with van der Waals surface area (Å²) in [6.07, 6.45) is 0. The molecule has 0 N–H and O–H groups in total. The van der Waals surface area contributed by atoms with E-state index in [4.69, 9.17) is 19.4 Å². The molecule has 0 radical (unpaired) electrons. The third-order valence-corrected chi connectivity index (χ3v) is 2.14. The molecular formula is C10H9N5O3. The van der Waals surface area contributed by atoms with Crippen molar-refractivity contribution in [2.75, 3.05) is 14.2 Å². The molecule has 0 unspecified atom stereocenters. The van der Waals surface area contributed by atoms with Gasteiger partial charge in [-0.25, -0.2) is 0 Å². The van der Waals surface area contributed by atoms with Crippen LogP contribution in [0, 0.1) is 0 Å². The second-order valence-electron chi connectivity index (χ2n) is 3.18. The topological polar surface area (TPSA) is 106 Å². The van der Waals surface area contributed by atoms with Gasteiger partial charge in [0.1, 0.15) is 11.5 Å². The highest BCUT2D eigenvalue weighted by atomic mass is 16.5. The largest absolute Gasteiger partial charge is 0.497 e. The molecule has 0 amide bonds. The Morgan fingerprint density at radius 3 is 2.39 bits per heavy atom. The second-order valence-corrected chi connectivity index (χ2v) is 3.18. The van der Waals surface area contributed by atoms with E-state index in [1.807, 2.05) is 0 Å². The van der Waals surface area contributed by atoms with Crippen molar-refractivity contribution in [3.8, 4) is 23.0 Å². The van der Waals surface area contributed by atoms with E-state index in [0.29, 0.717) is 17.1 Å². The first-order valence-corrected chi connectivity index (χ1v) is 4.89. The van der Waals surface area contributed by atoms with Crippen molar-refractivity contribution in [1.82, 2.24) is 10.2 Å². The first kappa shape index (κ1) is 11.7. The van der Waals surface area contributed by atoms with Gasteiger partial charge in [-0.2, -0.15) is 0 Å². The van der Waals surface area contributed by atoms with E-state index in [2.05, 4.69) is 20.2 Å². The Kier molecular flexibility index (Phi) is 3.31. The van der Waals surface area contributed by atoms with Crippen LogP contribution < -0.4 is 9.47 Å². The number of azide groups is 1. The Morgan fingerprint density at radius 2 is 1.83 bits per heavy atom. The monoisotopic (exact) mass is 247 g/mol. The van der Waals surface area contributed by atoms with E-state index in [9.17, 15) is 0 Å². The molecule has 1 aromatic heterocycles. The predicted molar refractivity (Wildman–Crippen MR) is 61.6 cm³/mol. The summed E-state index contributed by atoms with van der Waals surface area (Å²) in [5.41, 5.74) is 8.86. The average molecular weight is 247 g/mol. The molecule has 0 aliphatic heterocycles. The number of rotatable bonds is 4. The minimum atomic E-state index is -0.144. The van der Waals surface area contributed by atoms with E-state index >= 15 is 0 Å². The predicted octanol–water partition coefficient (Wildman–Crippen LogP) is 2.70. The molecule has 1 heterocycles. The van der Waals surface area contributed by atoms with Crippen molar-refractivity contribution in [2.45, 2.75) is 0 Å². The molecule has 0 saturated carbocycles. The summed E-state index contributed by atoms with van der Waals surface area (Å²) in [4.78, 5) is 2.56. The van der Waals surface area contributed by atoms with Crippen molar-refractivity contribution in [3.05, 3.63) is 28.6 Å². The Balaban J connectivity index is 2.44. The quantitative estimate of drug-likeness (QED) is 0.469. The van der Waals surface area contributed by atoms with Crippen LogP contribution in [0.2, 0.25) is 0 Å². The van der Waals surface area contributed by atoms with Gasteiger partial charge in [-0.05, 0) is 17.7 Å². The Morgan fingerprint density at radius 1 is 1.17 bits per heavy atom. The number of aromatic nitrogens is 2. The molecule has 1 aromatic carbocycles. The minimum Gasteiger partial charge on any atom is -0.497 e. The molecule has 0 atom stereocenters. The smallest absolute Gasteiger partial charge is 0.304 e. The molecule has 0 bridgehead atoms. The van der Waals surface area contributed by atoms with Gasteiger partial charge in [0.2, 0.25) is 5.89 Å². The molecule has 0 spiro atoms. The van der Waals surface area contributed by atoms with Crippen molar-refractivity contribution in [1.29, 1.82) is 0 Å². The van der Waals surface area contributed by atoms with Crippen LogP contribution in [-0.4, -0.2) is 24.4 Å². The zero-order valence-corrected chi connectivity index (χ0v) is 9.69. The Hall–Kier alpha value is -2.73. The zero-order valence-electron chi connectivity index (χ0n) is 9.69. The Labute approximate surface area is 102 Å². The molecule has 0 saturated heterocycles. The van der Waals surface area contributed by atoms with Crippen LogP contribution in [0.15, 0.2) is 27.7 Å². The summed E-state index contributed by atoms with van der Waals surface area (Å²) < 4.78 is 15.4. The molecule has 18 heavy (non-hydrogen) atoms. The third-order valence-electron chi connectivity index (χ3n) is 2.14. The maximum absolute atomic E-state index is 8.25. The normalized spacial score (nSPS) is 9.67. The highest BCUT2D eigenvalue weighted by Crippen LogP contribution is 2.29. The summed E-state index contributed by atoms with van der Waals surface area (Å²) in [6.45, 7) is 0. The molecule has 92 valence electrons. The fourth-order valence-corrected chi connectivity index (χ4v) is 1.34. The fraction of sp³-hybridized carbons (Fsp3) is 0.200. The van der Waals surface area contributed by atoms with Gasteiger partial charge in [0, 0.05) is 21.7 Å². The lowest BCUT2D eigenvalue weighted by Crippen LogP contribution is -1.88. The van der Waals surface area contributed by atoms with E-state index in [1.165, 1.54) is 14.2 Å². The molecule has 0 aliphatic carbocycles. The van der Waals surface area contributed by atoms with Crippen LogP contribution in [0.1, 0.15) is 0 Å². The molecular weight excluding hydrogens is 238 g/mol. The molecule has 0 fully saturated rings. The average Bonchev–Trinajstić information content (AvgIpc) is 2.87.